The molecule has 1 amide bonds. The monoisotopic (exact) mass is 480 g/mol. The van der Waals surface area contributed by atoms with Crippen LogP contribution < -0.4 is 9.62 Å². The van der Waals surface area contributed by atoms with Gasteiger partial charge in [-0.3, -0.25) is 19.2 Å². The normalized spacial score (nSPS) is 11.2. The van der Waals surface area contributed by atoms with E-state index in [1.807, 2.05) is 6.07 Å². The van der Waals surface area contributed by atoms with Crippen molar-refractivity contribution in [3.05, 3.63) is 79.1 Å². The maximum atomic E-state index is 13.0. The molecule has 0 radical (unpaired) electrons. The molecule has 0 saturated carbocycles. The first-order chi connectivity index (χ1) is 15.9. The molecule has 0 aliphatic rings. The topological polar surface area (TPSA) is 121 Å². The number of pyridine rings is 1. The number of anilines is 2. The van der Waals surface area contributed by atoms with Crippen molar-refractivity contribution in [3.8, 4) is 11.4 Å². The summed E-state index contributed by atoms with van der Waals surface area (Å²) in [5.74, 6) is 0.344. The van der Waals surface area contributed by atoms with Gasteiger partial charge in [0.2, 0.25) is 11.1 Å². The van der Waals surface area contributed by atoms with Crippen LogP contribution in [0.15, 0.2) is 89.2 Å². The van der Waals surface area contributed by atoms with E-state index in [4.69, 9.17) is 0 Å². The summed E-state index contributed by atoms with van der Waals surface area (Å²) in [5, 5.41) is 10.1. The number of benzene rings is 2. The predicted octanol–water partition coefficient (Wildman–Crippen LogP) is 3.42. The van der Waals surface area contributed by atoms with Crippen molar-refractivity contribution in [1.29, 1.82) is 0 Å². The number of aromatic nitrogens is 4. The molecule has 0 unspecified atom stereocenters. The largest absolute Gasteiger partial charge is 0.325 e. The third-order valence-corrected chi connectivity index (χ3v) is 7.28. The number of carbonyl (C=O) groups excluding carboxylic acids is 1. The number of para-hydroxylation sites is 1. The first-order valence-electron chi connectivity index (χ1n) is 9.83. The summed E-state index contributed by atoms with van der Waals surface area (Å²) < 4.78 is 27.2. The van der Waals surface area contributed by atoms with E-state index < -0.39 is 10.0 Å². The van der Waals surface area contributed by atoms with E-state index >= 15 is 0 Å². The van der Waals surface area contributed by atoms with Gasteiger partial charge in [0.1, 0.15) is 0 Å². The van der Waals surface area contributed by atoms with E-state index in [9.17, 15) is 13.2 Å². The number of aromatic amines is 1. The van der Waals surface area contributed by atoms with E-state index in [2.05, 4.69) is 25.5 Å². The van der Waals surface area contributed by atoms with Gasteiger partial charge in [-0.1, -0.05) is 36.0 Å². The number of carbonyl (C=O) groups is 1. The molecule has 168 valence electrons. The standard InChI is InChI=1S/C22H20N6O3S2/c1-28(18-7-3-2-4-8-18)33(30,31)19-9-5-6-17(14-19)24-20(29)15-32-22-25-21(26-27-22)16-10-12-23-13-11-16/h2-14H,15H2,1H3,(H,24,29)(H,25,26,27). The molecule has 2 aromatic heterocycles. The third-order valence-electron chi connectivity index (χ3n) is 4.65. The second-order valence-electron chi connectivity index (χ2n) is 6.88. The lowest BCUT2D eigenvalue weighted by molar-refractivity contribution is -0.113. The minimum Gasteiger partial charge on any atom is -0.325 e. The molecule has 0 atom stereocenters. The predicted molar refractivity (Wildman–Crippen MR) is 127 cm³/mol. The van der Waals surface area contributed by atoms with Crippen molar-refractivity contribution in [3.63, 3.8) is 0 Å². The molecular weight excluding hydrogens is 460 g/mol. The molecule has 2 aromatic carbocycles. The van der Waals surface area contributed by atoms with Crippen LogP contribution in [-0.2, 0) is 14.8 Å². The van der Waals surface area contributed by atoms with Gasteiger partial charge in [-0.25, -0.2) is 13.4 Å². The SMILES string of the molecule is CN(c1ccccc1)S(=O)(=O)c1cccc(NC(=O)CSc2n[nH]c(-c3ccncc3)n2)c1. The van der Waals surface area contributed by atoms with E-state index in [0.717, 1.165) is 5.56 Å². The Morgan fingerprint density at radius 3 is 2.58 bits per heavy atom. The lowest BCUT2D eigenvalue weighted by atomic mass is 10.3. The van der Waals surface area contributed by atoms with Crippen LogP contribution in [0.5, 0.6) is 0 Å². The highest BCUT2D eigenvalue weighted by molar-refractivity contribution is 7.99. The number of H-pyrrole nitrogens is 1. The number of thioether (sulfide) groups is 1. The summed E-state index contributed by atoms with van der Waals surface area (Å²) in [5.41, 5.74) is 1.77. The van der Waals surface area contributed by atoms with Crippen LogP contribution in [-0.4, -0.2) is 47.3 Å². The Kier molecular flexibility index (Phi) is 6.71. The van der Waals surface area contributed by atoms with Gasteiger partial charge in [-0.2, -0.15) is 0 Å². The quantitative estimate of drug-likeness (QED) is 0.371. The van der Waals surface area contributed by atoms with Crippen LogP contribution in [0.3, 0.4) is 0 Å². The van der Waals surface area contributed by atoms with Crippen LogP contribution in [0.2, 0.25) is 0 Å². The Hall–Kier alpha value is -3.70. The molecule has 11 heteroatoms. The zero-order valence-corrected chi connectivity index (χ0v) is 19.2. The molecule has 2 N–H and O–H groups in total. The third kappa shape index (κ3) is 5.38. The molecule has 0 saturated heterocycles. The maximum absolute atomic E-state index is 13.0. The molecular formula is C22H20N6O3S2. The highest BCUT2D eigenvalue weighted by Crippen LogP contribution is 2.24. The van der Waals surface area contributed by atoms with Gasteiger partial charge in [0.05, 0.1) is 16.3 Å². The lowest BCUT2D eigenvalue weighted by Gasteiger charge is -2.19. The second kappa shape index (κ2) is 9.84. The summed E-state index contributed by atoms with van der Waals surface area (Å²) in [4.78, 5) is 20.8. The Labute approximate surface area is 195 Å². The number of amides is 1. The fraction of sp³-hybridized carbons (Fsp3) is 0.0909. The Morgan fingerprint density at radius 2 is 1.82 bits per heavy atom. The van der Waals surface area contributed by atoms with Gasteiger partial charge in [-0.05, 0) is 42.5 Å². The minimum absolute atomic E-state index is 0.0640. The van der Waals surface area contributed by atoms with Gasteiger partial charge in [0.25, 0.3) is 10.0 Å². The highest BCUT2D eigenvalue weighted by atomic mass is 32.2. The Bertz CT molecular complexity index is 1340. The lowest BCUT2D eigenvalue weighted by Crippen LogP contribution is -2.26. The van der Waals surface area contributed by atoms with Gasteiger partial charge >= 0.3 is 0 Å². The molecule has 0 fully saturated rings. The summed E-state index contributed by atoms with van der Waals surface area (Å²) in [6, 6.07) is 18.5. The average Bonchev–Trinajstić information content (AvgIpc) is 3.33. The number of hydrogen-bond acceptors (Lipinski definition) is 7. The number of rotatable bonds is 8. The molecule has 9 nitrogen and oxygen atoms in total. The fourth-order valence-electron chi connectivity index (χ4n) is 2.95. The average molecular weight is 481 g/mol. The van der Waals surface area contributed by atoms with E-state index in [-0.39, 0.29) is 16.6 Å². The fourth-order valence-corrected chi connectivity index (χ4v) is 4.79. The zero-order chi connectivity index (χ0) is 23.3. The van der Waals surface area contributed by atoms with Crippen molar-refractivity contribution < 1.29 is 13.2 Å². The molecule has 2 heterocycles. The summed E-state index contributed by atoms with van der Waals surface area (Å²) >= 11 is 1.17. The number of nitrogens with zero attached hydrogens (tertiary/aromatic N) is 4. The van der Waals surface area contributed by atoms with Gasteiger partial charge in [0, 0.05) is 30.7 Å². The van der Waals surface area contributed by atoms with E-state index in [1.54, 1.807) is 60.9 Å². The van der Waals surface area contributed by atoms with Crippen LogP contribution in [0.25, 0.3) is 11.4 Å². The molecule has 4 rings (SSSR count). The molecule has 0 aliphatic carbocycles. The van der Waals surface area contributed by atoms with Crippen molar-refractivity contribution in [2.24, 2.45) is 0 Å². The minimum atomic E-state index is -3.78. The second-order valence-corrected chi connectivity index (χ2v) is 9.79. The van der Waals surface area contributed by atoms with E-state index in [0.29, 0.717) is 22.4 Å². The number of nitrogens with one attached hydrogen (secondary N) is 2. The van der Waals surface area contributed by atoms with Crippen LogP contribution in [0.1, 0.15) is 0 Å². The summed E-state index contributed by atoms with van der Waals surface area (Å²) in [6.45, 7) is 0. The summed E-state index contributed by atoms with van der Waals surface area (Å²) in [6.07, 6.45) is 3.31. The molecule has 0 aliphatic heterocycles. The van der Waals surface area contributed by atoms with Crippen molar-refractivity contribution >= 4 is 39.1 Å². The number of sulfonamides is 1. The molecule has 4 aromatic rings. The maximum Gasteiger partial charge on any atom is 0.264 e. The molecule has 0 spiro atoms. The Morgan fingerprint density at radius 1 is 1.06 bits per heavy atom. The van der Waals surface area contributed by atoms with Crippen molar-refractivity contribution in [1.82, 2.24) is 20.2 Å². The van der Waals surface area contributed by atoms with Crippen LogP contribution in [0.4, 0.5) is 11.4 Å². The van der Waals surface area contributed by atoms with Crippen LogP contribution in [0, 0.1) is 0 Å². The van der Waals surface area contributed by atoms with Crippen LogP contribution >= 0.6 is 11.8 Å². The van der Waals surface area contributed by atoms with Crippen molar-refractivity contribution in [2.45, 2.75) is 10.1 Å². The van der Waals surface area contributed by atoms with Gasteiger partial charge < -0.3 is 5.32 Å². The summed E-state index contributed by atoms with van der Waals surface area (Å²) in [7, 11) is -2.29. The van der Waals surface area contributed by atoms with E-state index in [1.165, 1.54) is 35.2 Å². The van der Waals surface area contributed by atoms with Gasteiger partial charge in [0.15, 0.2) is 5.82 Å². The smallest absolute Gasteiger partial charge is 0.264 e. The number of hydrogen-bond donors (Lipinski definition) is 2. The highest BCUT2D eigenvalue weighted by Gasteiger charge is 2.21. The first-order valence-corrected chi connectivity index (χ1v) is 12.3. The molecule has 33 heavy (non-hydrogen) atoms. The molecule has 0 bridgehead atoms. The van der Waals surface area contributed by atoms with Gasteiger partial charge in [-0.15, -0.1) is 5.10 Å². The zero-order valence-electron chi connectivity index (χ0n) is 17.5. The first kappa shape index (κ1) is 22.5. The Balaban J connectivity index is 1.39. The van der Waals surface area contributed by atoms with Crippen molar-refractivity contribution in [2.75, 3.05) is 22.4 Å².